The van der Waals surface area contributed by atoms with Crippen LogP contribution in [0.25, 0.3) is 0 Å². The average Bonchev–Trinajstić information content (AvgIpc) is 3.16. The molecule has 2 aliphatic heterocycles. The fraction of sp³-hybridized carbons (Fsp3) is 0.929. The summed E-state index contributed by atoms with van der Waals surface area (Å²) in [6.07, 6.45) is -5.32. The van der Waals surface area contributed by atoms with E-state index in [0.29, 0.717) is 19.3 Å². The van der Waals surface area contributed by atoms with Crippen molar-refractivity contribution in [1.82, 2.24) is 0 Å². The molecule has 0 aromatic heterocycles. The minimum absolute atomic E-state index is 0.0413. The summed E-state index contributed by atoms with van der Waals surface area (Å²) in [4.78, 5) is 14.6. The third-order valence-corrected chi connectivity index (χ3v) is 17.3. The lowest BCUT2D eigenvalue weighted by atomic mass is 9.33. The van der Waals surface area contributed by atoms with Crippen molar-refractivity contribution >= 4 is 5.97 Å². The number of rotatable bonds is 7. The van der Waals surface area contributed by atoms with E-state index in [1.165, 1.54) is 5.57 Å². The highest BCUT2D eigenvalue weighted by Gasteiger charge is 2.70. The first-order valence-corrected chi connectivity index (χ1v) is 21.0. The molecular weight excluding hydrogens is 728 g/mol. The van der Waals surface area contributed by atoms with Gasteiger partial charge in [-0.15, -0.1) is 0 Å². The van der Waals surface area contributed by atoms with Crippen LogP contribution in [0.4, 0.5) is 0 Å². The Balaban J connectivity index is 1.17. The molecule has 14 nitrogen and oxygen atoms in total. The molecule has 0 radical (unpaired) electrons. The maximum Gasteiger partial charge on any atom is 0.315 e. The maximum absolute atomic E-state index is 14.6. The number of aliphatic hydroxyl groups is 9. The maximum atomic E-state index is 14.6. The molecule has 7 rings (SSSR count). The summed E-state index contributed by atoms with van der Waals surface area (Å²) in [7, 11) is 0. The molecule has 9 N–H and O–H groups in total. The van der Waals surface area contributed by atoms with Gasteiger partial charge in [-0.1, -0.05) is 53.2 Å². The van der Waals surface area contributed by atoms with Crippen molar-refractivity contribution in [2.45, 2.75) is 173 Å². The fourth-order valence-corrected chi connectivity index (χ4v) is 13.6. The van der Waals surface area contributed by atoms with E-state index in [0.717, 1.165) is 44.9 Å². The smallest absolute Gasteiger partial charge is 0.315 e. The highest BCUT2D eigenvalue weighted by molar-refractivity contribution is 5.79. The van der Waals surface area contributed by atoms with Crippen molar-refractivity contribution in [3.63, 3.8) is 0 Å². The summed E-state index contributed by atoms with van der Waals surface area (Å²) >= 11 is 0. The summed E-state index contributed by atoms with van der Waals surface area (Å²) in [6, 6.07) is 0. The van der Waals surface area contributed by atoms with Crippen LogP contribution in [-0.4, -0.2) is 139 Å². The van der Waals surface area contributed by atoms with E-state index in [-0.39, 0.29) is 46.0 Å². The molecule has 7 aliphatic rings. The minimum atomic E-state index is -1.67. The minimum Gasteiger partial charge on any atom is -0.432 e. The van der Waals surface area contributed by atoms with Crippen LogP contribution in [-0.2, 0) is 23.7 Å². The van der Waals surface area contributed by atoms with Gasteiger partial charge < -0.3 is 64.9 Å². The molecule has 320 valence electrons. The molecule has 0 unspecified atom stereocenters. The molecule has 0 aromatic rings. The van der Waals surface area contributed by atoms with Gasteiger partial charge in [0.1, 0.15) is 48.8 Å². The number of ether oxygens (including phenoxy) is 4. The Labute approximate surface area is 330 Å². The SMILES string of the molecule is CC1(C)CC[C@]2(C(=O)O[C@@H]3O[C@H](CO)[C@@H](O)[C@H](O)[C@H]3O)CC[C@]3(C)C(=CC[C@@H]4[C@@]5(C)CC[C@H](O[C@@H]6O[C@H](CO)[C@@H](O)[C@H](O)[C@H]6O)[C@@](C)(CO)[C@@H]5CC[C@]43C)[C@@H]2C1. The normalized spacial score (nSPS) is 54.1. The van der Waals surface area contributed by atoms with Gasteiger partial charge in [0, 0.05) is 5.41 Å². The quantitative estimate of drug-likeness (QED) is 0.100. The molecule has 2 saturated heterocycles. The van der Waals surface area contributed by atoms with Crippen molar-refractivity contribution in [2.24, 2.45) is 50.2 Å². The fourth-order valence-electron chi connectivity index (χ4n) is 13.6. The van der Waals surface area contributed by atoms with Crippen LogP contribution in [0.5, 0.6) is 0 Å². The third kappa shape index (κ3) is 6.21. The highest BCUT2D eigenvalue weighted by Crippen LogP contribution is 2.76. The molecule has 2 heterocycles. The van der Waals surface area contributed by atoms with Crippen molar-refractivity contribution in [3.05, 3.63) is 11.6 Å². The Kier molecular flexibility index (Phi) is 11.3. The first-order valence-electron chi connectivity index (χ1n) is 21.0. The molecule has 56 heavy (non-hydrogen) atoms. The van der Waals surface area contributed by atoms with Crippen LogP contribution < -0.4 is 0 Å². The molecule has 14 heteroatoms. The van der Waals surface area contributed by atoms with Crippen LogP contribution in [0.15, 0.2) is 11.6 Å². The molecule has 4 saturated carbocycles. The number of carbonyl (C=O) groups is 1. The number of aliphatic hydroxyl groups excluding tert-OH is 9. The molecule has 0 amide bonds. The predicted octanol–water partition coefficient (Wildman–Crippen LogP) is 1.29. The lowest BCUT2D eigenvalue weighted by Gasteiger charge is -2.71. The summed E-state index contributed by atoms with van der Waals surface area (Å²) in [5.41, 5.74) is -0.964. The van der Waals surface area contributed by atoms with Crippen molar-refractivity contribution in [1.29, 1.82) is 0 Å². The van der Waals surface area contributed by atoms with Gasteiger partial charge in [-0.25, -0.2) is 0 Å². The summed E-state index contributed by atoms with van der Waals surface area (Å²) in [5.74, 6) is -0.322. The molecule has 0 spiro atoms. The van der Waals surface area contributed by atoms with Gasteiger partial charge in [0.05, 0.1) is 31.3 Å². The van der Waals surface area contributed by atoms with Crippen molar-refractivity contribution < 1.29 is 69.7 Å². The molecular formula is C42H68O14. The van der Waals surface area contributed by atoms with Crippen molar-refractivity contribution in [3.8, 4) is 0 Å². The van der Waals surface area contributed by atoms with Gasteiger partial charge in [0.2, 0.25) is 6.29 Å². The molecule has 0 aromatic carbocycles. The van der Waals surface area contributed by atoms with Crippen LogP contribution in [0, 0.1) is 50.2 Å². The lowest BCUT2D eigenvalue weighted by Crippen LogP contribution is -2.67. The van der Waals surface area contributed by atoms with Gasteiger partial charge in [0.25, 0.3) is 0 Å². The largest absolute Gasteiger partial charge is 0.432 e. The summed E-state index contributed by atoms with van der Waals surface area (Å²) in [6.45, 7) is 12.4. The summed E-state index contributed by atoms with van der Waals surface area (Å²) < 4.78 is 23.8. The summed E-state index contributed by atoms with van der Waals surface area (Å²) in [5, 5.41) is 93.9. The highest BCUT2D eigenvalue weighted by atomic mass is 16.7. The number of fused-ring (bicyclic) bond motifs is 7. The van der Waals surface area contributed by atoms with E-state index in [1.807, 2.05) is 6.92 Å². The number of hydrogen-bond acceptors (Lipinski definition) is 14. The molecule has 0 bridgehead atoms. The topological polar surface area (TPSA) is 236 Å². The third-order valence-electron chi connectivity index (χ3n) is 17.3. The zero-order valence-corrected chi connectivity index (χ0v) is 33.9. The Morgan fingerprint density at radius 3 is 1.91 bits per heavy atom. The monoisotopic (exact) mass is 796 g/mol. The van der Waals surface area contributed by atoms with Gasteiger partial charge in [-0.2, -0.15) is 0 Å². The number of allylic oxidation sites excluding steroid dienone is 2. The van der Waals surface area contributed by atoms with Crippen molar-refractivity contribution in [2.75, 3.05) is 19.8 Å². The zero-order chi connectivity index (χ0) is 41.0. The van der Waals surface area contributed by atoms with Gasteiger partial charge in [-0.3, -0.25) is 4.79 Å². The van der Waals surface area contributed by atoms with Crippen LogP contribution in [0.2, 0.25) is 0 Å². The van der Waals surface area contributed by atoms with Crippen LogP contribution >= 0.6 is 0 Å². The van der Waals surface area contributed by atoms with E-state index in [1.54, 1.807) is 0 Å². The van der Waals surface area contributed by atoms with E-state index in [9.17, 15) is 50.8 Å². The van der Waals surface area contributed by atoms with Gasteiger partial charge >= 0.3 is 5.97 Å². The predicted molar refractivity (Wildman–Crippen MR) is 199 cm³/mol. The molecule has 19 atom stereocenters. The van der Waals surface area contributed by atoms with Crippen LogP contribution in [0.1, 0.15) is 106 Å². The van der Waals surface area contributed by atoms with E-state index >= 15 is 0 Å². The number of esters is 1. The van der Waals surface area contributed by atoms with E-state index in [2.05, 4.69) is 40.7 Å². The van der Waals surface area contributed by atoms with E-state index < -0.39 is 97.5 Å². The first-order chi connectivity index (χ1) is 26.2. The zero-order valence-electron chi connectivity index (χ0n) is 33.9. The Hall–Kier alpha value is -1.27. The Bertz CT molecular complexity index is 1500. The van der Waals surface area contributed by atoms with E-state index in [4.69, 9.17) is 18.9 Å². The second-order valence-electron chi connectivity index (χ2n) is 20.5. The Morgan fingerprint density at radius 1 is 0.714 bits per heavy atom. The molecule has 5 aliphatic carbocycles. The lowest BCUT2D eigenvalue weighted by molar-refractivity contribution is -0.333. The second-order valence-corrected chi connectivity index (χ2v) is 20.5. The number of hydrogen-bond donors (Lipinski definition) is 9. The molecule has 6 fully saturated rings. The first kappa shape index (κ1) is 42.8. The van der Waals surface area contributed by atoms with Gasteiger partial charge in [-0.05, 0) is 104 Å². The number of carbonyl (C=O) groups excluding carboxylic acids is 1. The van der Waals surface area contributed by atoms with Gasteiger partial charge in [0.15, 0.2) is 6.29 Å². The second kappa shape index (κ2) is 14.7. The standard InChI is InChI=1S/C42H68O14/c1-37(2)13-15-42(36(52)56-35-33(51)31(49)29(47)24(19-44)54-35)16-14-40(5)21(22(42)17-37)7-8-26-38(3)11-10-27(39(4,20-45)25(38)9-12-41(26,40)6)55-34-32(50)30(48)28(46)23(18-43)53-34/h7,22-35,43-51H,8-20H2,1-6H3/t22-,23+,24+,25+,26+,27-,28+,29+,30-,31-,32+,33+,34-,35-,38-,39-,40+,41+,42-/m0/s1. The Morgan fingerprint density at radius 2 is 1.30 bits per heavy atom. The van der Waals surface area contributed by atoms with Crippen LogP contribution in [0.3, 0.4) is 0 Å². The average molecular weight is 797 g/mol.